The van der Waals surface area contributed by atoms with Gasteiger partial charge in [-0.3, -0.25) is 9.59 Å². The van der Waals surface area contributed by atoms with Gasteiger partial charge in [0.25, 0.3) is 0 Å². The van der Waals surface area contributed by atoms with E-state index in [1.165, 1.54) is 4.90 Å². The third-order valence-electron chi connectivity index (χ3n) is 3.82. The van der Waals surface area contributed by atoms with Crippen LogP contribution in [-0.4, -0.2) is 29.6 Å². The Kier molecular flexibility index (Phi) is 5.20. The first-order valence-corrected chi connectivity index (χ1v) is 7.41. The van der Waals surface area contributed by atoms with Crippen molar-refractivity contribution in [3.8, 4) is 0 Å². The van der Waals surface area contributed by atoms with E-state index in [0.717, 1.165) is 19.3 Å². The van der Waals surface area contributed by atoms with E-state index in [1.54, 1.807) is 24.3 Å². The molecule has 3 N–H and O–H groups in total. The quantitative estimate of drug-likeness (QED) is 0.893. The van der Waals surface area contributed by atoms with Gasteiger partial charge in [0.2, 0.25) is 5.91 Å². The summed E-state index contributed by atoms with van der Waals surface area (Å²) >= 11 is 5.93. The zero-order valence-electron chi connectivity index (χ0n) is 11.7. The SMILES string of the molecule is NC1CCCCC1C(=O)N(CC(=O)O)c1cccc(Cl)c1. The minimum atomic E-state index is -1.06. The number of carboxylic acids is 1. The molecule has 114 valence electrons. The highest BCUT2D eigenvalue weighted by atomic mass is 35.5. The van der Waals surface area contributed by atoms with Gasteiger partial charge in [-0.1, -0.05) is 30.5 Å². The topological polar surface area (TPSA) is 83.6 Å². The second kappa shape index (κ2) is 6.91. The van der Waals surface area contributed by atoms with E-state index < -0.39 is 5.97 Å². The third-order valence-corrected chi connectivity index (χ3v) is 4.05. The number of aliphatic carboxylic acids is 1. The van der Waals surface area contributed by atoms with Crippen molar-refractivity contribution in [1.29, 1.82) is 0 Å². The summed E-state index contributed by atoms with van der Waals surface area (Å²) < 4.78 is 0. The first kappa shape index (κ1) is 15.8. The maximum atomic E-state index is 12.7. The Morgan fingerprint density at radius 2 is 2.05 bits per heavy atom. The predicted molar refractivity (Wildman–Crippen MR) is 81.4 cm³/mol. The van der Waals surface area contributed by atoms with Gasteiger partial charge in [-0.05, 0) is 31.0 Å². The van der Waals surface area contributed by atoms with Crippen molar-refractivity contribution in [3.63, 3.8) is 0 Å². The van der Waals surface area contributed by atoms with E-state index in [-0.39, 0.29) is 24.4 Å². The molecule has 21 heavy (non-hydrogen) atoms. The molecule has 0 saturated heterocycles. The molecule has 2 rings (SSSR count). The van der Waals surface area contributed by atoms with Crippen LogP contribution in [0, 0.1) is 5.92 Å². The molecule has 0 heterocycles. The molecule has 0 aromatic heterocycles. The zero-order valence-corrected chi connectivity index (χ0v) is 12.4. The van der Waals surface area contributed by atoms with Gasteiger partial charge in [-0.25, -0.2) is 0 Å². The lowest BCUT2D eigenvalue weighted by molar-refractivity contribution is -0.137. The van der Waals surface area contributed by atoms with E-state index >= 15 is 0 Å². The molecule has 1 saturated carbocycles. The number of carbonyl (C=O) groups excluding carboxylic acids is 1. The average molecular weight is 311 g/mol. The fraction of sp³-hybridized carbons (Fsp3) is 0.467. The summed E-state index contributed by atoms with van der Waals surface area (Å²) in [5, 5.41) is 9.53. The predicted octanol–water partition coefficient (Wildman–Crippen LogP) is 2.28. The van der Waals surface area contributed by atoms with E-state index in [4.69, 9.17) is 22.4 Å². The third kappa shape index (κ3) is 3.95. The van der Waals surface area contributed by atoms with E-state index in [2.05, 4.69) is 0 Å². The van der Waals surface area contributed by atoms with Crippen molar-refractivity contribution in [2.45, 2.75) is 31.7 Å². The van der Waals surface area contributed by atoms with Crippen LogP contribution in [0.5, 0.6) is 0 Å². The normalized spacial score (nSPS) is 21.8. The van der Waals surface area contributed by atoms with Crippen LogP contribution in [0.3, 0.4) is 0 Å². The molecule has 2 atom stereocenters. The minimum absolute atomic E-state index is 0.207. The number of rotatable bonds is 4. The smallest absolute Gasteiger partial charge is 0.323 e. The Labute approximate surface area is 128 Å². The summed E-state index contributed by atoms with van der Waals surface area (Å²) in [6, 6.07) is 6.45. The van der Waals surface area contributed by atoms with Gasteiger partial charge in [-0.15, -0.1) is 0 Å². The first-order valence-electron chi connectivity index (χ1n) is 7.03. The molecule has 0 bridgehead atoms. The summed E-state index contributed by atoms with van der Waals surface area (Å²) in [5.74, 6) is -1.61. The Bertz CT molecular complexity index is 535. The Morgan fingerprint density at radius 3 is 2.67 bits per heavy atom. The standard InChI is InChI=1S/C15H19ClN2O3/c16-10-4-3-5-11(8-10)18(9-14(19)20)15(21)12-6-1-2-7-13(12)17/h3-5,8,12-13H,1-2,6-7,9,17H2,(H,19,20). The average Bonchev–Trinajstić information content (AvgIpc) is 2.44. The zero-order chi connectivity index (χ0) is 15.4. The molecule has 5 nitrogen and oxygen atoms in total. The summed E-state index contributed by atoms with van der Waals surface area (Å²) in [5.41, 5.74) is 6.53. The van der Waals surface area contributed by atoms with E-state index in [1.807, 2.05) is 0 Å². The molecular formula is C15H19ClN2O3. The molecule has 1 aliphatic carbocycles. The first-order chi connectivity index (χ1) is 9.99. The van der Waals surface area contributed by atoms with Crippen LogP contribution < -0.4 is 10.6 Å². The van der Waals surface area contributed by atoms with Crippen molar-refractivity contribution in [3.05, 3.63) is 29.3 Å². The second-order valence-electron chi connectivity index (χ2n) is 5.35. The van der Waals surface area contributed by atoms with Crippen LogP contribution in [0.4, 0.5) is 5.69 Å². The van der Waals surface area contributed by atoms with Crippen molar-refractivity contribution in [1.82, 2.24) is 0 Å². The maximum absolute atomic E-state index is 12.7. The summed E-state index contributed by atoms with van der Waals surface area (Å²) in [4.78, 5) is 25.0. The lowest BCUT2D eigenvalue weighted by atomic mass is 9.84. The summed E-state index contributed by atoms with van der Waals surface area (Å²) in [6.45, 7) is -0.387. The highest BCUT2D eigenvalue weighted by Gasteiger charge is 2.33. The Balaban J connectivity index is 2.26. The molecule has 0 radical (unpaired) electrons. The summed E-state index contributed by atoms with van der Waals surface area (Å²) in [6.07, 6.45) is 3.46. The van der Waals surface area contributed by atoms with Gasteiger partial charge in [0.05, 0.1) is 5.92 Å². The number of benzene rings is 1. The fourth-order valence-corrected chi connectivity index (χ4v) is 2.93. The number of nitrogens with zero attached hydrogens (tertiary/aromatic N) is 1. The van der Waals surface area contributed by atoms with Crippen molar-refractivity contribution >= 4 is 29.2 Å². The number of carboxylic acid groups (broad SMARTS) is 1. The fourth-order valence-electron chi connectivity index (χ4n) is 2.74. The van der Waals surface area contributed by atoms with Crippen LogP contribution in [0.25, 0.3) is 0 Å². The van der Waals surface area contributed by atoms with E-state index in [0.29, 0.717) is 17.1 Å². The van der Waals surface area contributed by atoms with Crippen LogP contribution >= 0.6 is 11.6 Å². The Hall–Kier alpha value is -1.59. The van der Waals surface area contributed by atoms with Gasteiger partial charge >= 0.3 is 5.97 Å². The van der Waals surface area contributed by atoms with Crippen LogP contribution in [-0.2, 0) is 9.59 Å². The Morgan fingerprint density at radius 1 is 1.33 bits per heavy atom. The molecule has 6 heteroatoms. The minimum Gasteiger partial charge on any atom is -0.480 e. The molecular weight excluding hydrogens is 292 g/mol. The van der Waals surface area contributed by atoms with Crippen LogP contribution in [0.1, 0.15) is 25.7 Å². The monoisotopic (exact) mass is 310 g/mol. The van der Waals surface area contributed by atoms with Crippen molar-refractivity contribution in [2.75, 3.05) is 11.4 Å². The molecule has 2 unspecified atom stereocenters. The van der Waals surface area contributed by atoms with Crippen molar-refractivity contribution < 1.29 is 14.7 Å². The number of hydrogen-bond donors (Lipinski definition) is 2. The number of amides is 1. The number of nitrogens with two attached hydrogens (primary N) is 1. The second-order valence-corrected chi connectivity index (χ2v) is 5.79. The number of carbonyl (C=O) groups is 2. The van der Waals surface area contributed by atoms with Crippen molar-refractivity contribution in [2.24, 2.45) is 11.7 Å². The van der Waals surface area contributed by atoms with Crippen LogP contribution in [0.2, 0.25) is 5.02 Å². The van der Waals surface area contributed by atoms with E-state index in [9.17, 15) is 9.59 Å². The summed E-state index contributed by atoms with van der Waals surface area (Å²) in [7, 11) is 0. The molecule has 1 aromatic rings. The number of halogens is 1. The highest BCUT2D eigenvalue weighted by molar-refractivity contribution is 6.31. The largest absolute Gasteiger partial charge is 0.480 e. The van der Waals surface area contributed by atoms with Gasteiger partial charge in [0.15, 0.2) is 0 Å². The number of anilines is 1. The van der Waals surface area contributed by atoms with Gasteiger partial charge in [-0.2, -0.15) is 0 Å². The molecule has 1 aliphatic rings. The lowest BCUT2D eigenvalue weighted by Gasteiger charge is -2.32. The molecule has 0 spiro atoms. The molecule has 1 fully saturated rings. The molecule has 0 aliphatic heterocycles. The molecule has 1 aromatic carbocycles. The number of hydrogen-bond acceptors (Lipinski definition) is 3. The molecule has 1 amide bonds. The van der Waals surface area contributed by atoms with Gasteiger partial charge in [0, 0.05) is 16.8 Å². The maximum Gasteiger partial charge on any atom is 0.323 e. The van der Waals surface area contributed by atoms with Crippen LogP contribution in [0.15, 0.2) is 24.3 Å². The highest BCUT2D eigenvalue weighted by Crippen LogP contribution is 2.28. The van der Waals surface area contributed by atoms with Gasteiger partial charge in [0.1, 0.15) is 6.54 Å². The lowest BCUT2D eigenvalue weighted by Crippen LogP contribution is -2.47. The van der Waals surface area contributed by atoms with Gasteiger partial charge < -0.3 is 15.7 Å².